The first-order valence-electron chi connectivity index (χ1n) is 12.9. The number of ether oxygens (including phenoxy) is 2. The van der Waals surface area contributed by atoms with Gasteiger partial charge in [0.25, 0.3) is 0 Å². The number of rotatable bonds is 9. The van der Waals surface area contributed by atoms with E-state index in [0.29, 0.717) is 12.6 Å². The number of piperidine rings is 1. The van der Waals surface area contributed by atoms with Crippen molar-refractivity contribution in [1.82, 2.24) is 20.4 Å². The van der Waals surface area contributed by atoms with Crippen LogP contribution in [0.4, 0.5) is 0 Å². The molecule has 2 N–H and O–H groups in total. The predicted molar refractivity (Wildman–Crippen MR) is 147 cm³/mol. The fourth-order valence-corrected chi connectivity index (χ4v) is 5.65. The average molecular weight is 495 g/mol. The molecule has 0 aliphatic carbocycles. The zero-order valence-electron chi connectivity index (χ0n) is 22.3. The molecular formula is C28H42N4O2Si. The number of methoxy groups -OCH3 is 1. The second kappa shape index (κ2) is 10.8. The van der Waals surface area contributed by atoms with E-state index in [-0.39, 0.29) is 0 Å². The van der Waals surface area contributed by atoms with Gasteiger partial charge in [-0.25, -0.2) is 4.68 Å². The molecule has 2 aromatic rings. The van der Waals surface area contributed by atoms with Gasteiger partial charge in [-0.05, 0) is 69.1 Å². The number of benzene rings is 1. The second-order valence-electron chi connectivity index (χ2n) is 11.1. The maximum Gasteiger partial charge on any atom is 0.160 e. The molecule has 0 saturated carbocycles. The lowest BCUT2D eigenvalue weighted by Crippen LogP contribution is -2.53. The van der Waals surface area contributed by atoms with E-state index in [9.17, 15) is 0 Å². The molecule has 1 atom stereocenters. The Labute approximate surface area is 211 Å². The molecule has 190 valence electrons. The molecule has 2 aliphatic heterocycles. The highest BCUT2D eigenvalue weighted by Crippen LogP contribution is 2.34. The Balaban J connectivity index is 1.59. The molecule has 0 amide bonds. The molecule has 3 heterocycles. The average Bonchev–Trinajstić information content (AvgIpc) is 3.27. The number of hydrogen-bond acceptors (Lipinski definition) is 5. The van der Waals surface area contributed by atoms with E-state index in [2.05, 4.69) is 86.7 Å². The van der Waals surface area contributed by atoms with E-state index >= 15 is 0 Å². The Morgan fingerprint density at radius 2 is 1.94 bits per heavy atom. The topological polar surface area (TPSA) is 60.3 Å². The van der Waals surface area contributed by atoms with Crippen LogP contribution >= 0.6 is 0 Å². The van der Waals surface area contributed by atoms with Crippen LogP contribution in [-0.2, 0) is 16.2 Å². The minimum atomic E-state index is -1.14. The number of allylic oxidation sites excluding steroid dienone is 2. The molecule has 0 spiro atoms. The Morgan fingerprint density at radius 1 is 1.17 bits per heavy atom. The molecule has 1 fully saturated rings. The molecular weight excluding hydrogens is 452 g/mol. The quantitative estimate of drug-likeness (QED) is 0.365. The molecule has 1 saturated heterocycles. The third-order valence-corrected chi connectivity index (χ3v) is 9.12. The van der Waals surface area contributed by atoms with Crippen LogP contribution in [0.15, 0.2) is 42.6 Å². The van der Waals surface area contributed by atoms with Crippen molar-refractivity contribution in [2.24, 2.45) is 5.92 Å². The number of dihydropyridines is 1. The highest BCUT2D eigenvalue weighted by molar-refractivity contribution is 6.76. The van der Waals surface area contributed by atoms with Gasteiger partial charge in [0.2, 0.25) is 0 Å². The molecule has 1 aromatic heterocycles. The summed E-state index contributed by atoms with van der Waals surface area (Å²) in [6, 6.07) is 9.79. The lowest BCUT2D eigenvalue weighted by atomic mass is 9.85. The number of hydrogen-bond donors (Lipinski definition) is 2. The van der Waals surface area contributed by atoms with E-state index in [1.165, 1.54) is 16.7 Å². The van der Waals surface area contributed by atoms with Gasteiger partial charge in [-0.2, -0.15) is 5.10 Å². The Morgan fingerprint density at radius 3 is 2.60 bits per heavy atom. The van der Waals surface area contributed by atoms with Crippen molar-refractivity contribution < 1.29 is 9.47 Å². The van der Waals surface area contributed by atoms with Crippen LogP contribution in [0.3, 0.4) is 0 Å². The largest absolute Gasteiger partial charge is 0.360 e. The first-order valence-corrected chi connectivity index (χ1v) is 16.6. The second-order valence-corrected chi connectivity index (χ2v) is 16.7. The summed E-state index contributed by atoms with van der Waals surface area (Å²) in [7, 11) is 0.655. The zero-order valence-corrected chi connectivity index (χ0v) is 23.3. The Kier molecular flexibility index (Phi) is 8.01. The summed E-state index contributed by atoms with van der Waals surface area (Å²) in [4.78, 5) is 0. The first-order chi connectivity index (χ1) is 16.7. The van der Waals surface area contributed by atoms with Crippen molar-refractivity contribution in [2.75, 3.05) is 26.8 Å². The van der Waals surface area contributed by atoms with E-state index < -0.39 is 13.8 Å². The van der Waals surface area contributed by atoms with Gasteiger partial charge in [-0.1, -0.05) is 43.9 Å². The molecule has 7 heteroatoms. The lowest BCUT2D eigenvalue weighted by molar-refractivity contribution is -0.0454. The third kappa shape index (κ3) is 5.97. The Hall–Kier alpha value is -2.19. The van der Waals surface area contributed by atoms with Crippen LogP contribution in [0.25, 0.3) is 16.8 Å². The zero-order chi connectivity index (χ0) is 25.1. The van der Waals surface area contributed by atoms with Crippen LogP contribution in [-0.4, -0.2) is 50.4 Å². The van der Waals surface area contributed by atoms with Crippen molar-refractivity contribution in [3.05, 3.63) is 59.4 Å². The smallest absolute Gasteiger partial charge is 0.160 e. The molecule has 35 heavy (non-hydrogen) atoms. The number of aromatic nitrogens is 2. The highest BCUT2D eigenvalue weighted by Gasteiger charge is 2.38. The molecule has 0 bridgehead atoms. The summed E-state index contributed by atoms with van der Waals surface area (Å²) >= 11 is 0. The van der Waals surface area contributed by atoms with Gasteiger partial charge in [0, 0.05) is 45.0 Å². The van der Waals surface area contributed by atoms with Gasteiger partial charge >= 0.3 is 0 Å². The molecule has 4 rings (SSSR count). The standard InChI is InChI=1S/C28H42N4O2Si/c1-21-8-7-9-25(22(21)2)27-18-26(31-32(27)20-34-16-17-35(4,5)6)23-10-13-28(33-3,30-19-23)24-11-14-29-15-12-24/h7-10,13,18-19,24,29-30H,11-12,14-17,20H2,1-6H3. The van der Waals surface area contributed by atoms with Crippen molar-refractivity contribution in [2.45, 2.75) is 64.8 Å². The van der Waals surface area contributed by atoms with E-state index in [0.717, 1.165) is 55.5 Å². The van der Waals surface area contributed by atoms with E-state index in [1.807, 2.05) is 4.68 Å². The lowest BCUT2D eigenvalue weighted by Gasteiger charge is -2.41. The SMILES string of the molecule is COC1(C2CCNCC2)C=CC(c2cc(-c3cccc(C)c3C)n(COCC[Si](C)(C)C)n2)=CN1. The molecule has 1 unspecified atom stereocenters. The summed E-state index contributed by atoms with van der Waals surface area (Å²) in [6.07, 6.45) is 8.59. The normalized spacial score (nSPS) is 21.1. The molecule has 0 radical (unpaired) electrons. The predicted octanol–water partition coefficient (Wildman–Crippen LogP) is 5.32. The minimum absolute atomic E-state index is 0.436. The van der Waals surface area contributed by atoms with Crippen molar-refractivity contribution in [3.63, 3.8) is 0 Å². The minimum Gasteiger partial charge on any atom is -0.360 e. The monoisotopic (exact) mass is 494 g/mol. The van der Waals surface area contributed by atoms with Crippen LogP contribution in [0.1, 0.15) is 29.7 Å². The van der Waals surface area contributed by atoms with Crippen molar-refractivity contribution in [3.8, 4) is 11.3 Å². The highest BCUT2D eigenvalue weighted by atomic mass is 28.3. The van der Waals surface area contributed by atoms with Gasteiger partial charge in [0.1, 0.15) is 6.73 Å². The molecule has 1 aromatic carbocycles. The van der Waals surface area contributed by atoms with E-state index in [1.54, 1.807) is 7.11 Å². The maximum atomic E-state index is 6.11. The number of nitrogens with zero attached hydrogens (tertiary/aromatic N) is 2. The summed E-state index contributed by atoms with van der Waals surface area (Å²) in [5.41, 5.74) is 6.38. The molecule has 6 nitrogen and oxygen atoms in total. The van der Waals surface area contributed by atoms with Gasteiger partial charge in [-0.15, -0.1) is 0 Å². The van der Waals surface area contributed by atoms with Crippen LogP contribution in [0.5, 0.6) is 0 Å². The van der Waals surface area contributed by atoms with Crippen LogP contribution < -0.4 is 10.6 Å². The maximum absolute atomic E-state index is 6.11. The van der Waals surface area contributed by atoms with E-state index in [4.69, 9.17) is 14.6 Å². The third-order valence-electron chi connectivity index (χ3n) is 7.41. The van der Waals surface area contributed by atoms with Gasteiger partial charge in [-0.3, -0.25) is 0 Å². The van der Waals surface area contributed by atoms with Crippen molar-refractivity contribution in [1.29, 1.82) is 0 Å². The number of aryl methyl sites for hydroxylation is 1. The fraction of sp³-hybridized carbons (Fsp3) is 0.536. The van der Waals surface area contributed by atoms with Gasteiger partial charge in [0.05, 0.1) is 11.4 Å². The van der Waals surface area contributed by atoms with Crippen LogP contribution in [0.2, 0.25) is 25.7 Å². The van der Waals surface area contributed by atoms with Gasteiger partial charge in [0.15, 0.2) is 5.72 Å². The number of nitrogens with one attached hydrogen (secondary N) is 2. The van der Waals surface area contributed by atoms with Crippen molar-refractivity contribution >= 4 is 13.6 Å². The summed E-state index contributed by atoms with van der Waals surface area (Å²) in [6.45, 7) is 14.8. The molecule has 2 aliphatic rings. The summed E-state index contributed by atoms with van der Waals surface area (Å²) in [5.74, 6) is 0.436. The fourth-order valence-electron chi connectivity index (χ4n) is 4.89. The van der Waals surface area contributed by atoms with Crippen LogP contribution in [0, 0.1) is 19.8 Å². The Bertz CT molecular complexity index is 1080. The van der Waals surface area contributed by atoms with Gasteiger partial charge < -0.3 is 20.1 Å². The summed E-state index contributed by atoms with van der Waals surface area (Å²) < 4.78 is 14.1. The summed E-state index contributed by atoms with van der Waals surface area (Å²) in [5, 5.41) is 12.0. The first kappa shape index (κ1) is 25.9.